The highest BCUT2D eigenvalue weighted by Gasteiger charge is 2.16. The molecule has 2 N–H and O–H groups in total. The van der Waals surface area contributed by atoms with Gasteiger partial charge < -0.3 is 10.1 Å². The van der Waals surface area contributed by atoms with Crippen LogP contribution in [0.1, 0.15) is 23.5 Å². The van der Waals surface area contributed by atoms with Gasteiger partial charge in [-0.3, -0.25) is 5.32 Å². The van der Waals surface area contributed by atoms with Crippen molar-refractivity contribution in [2.75, 3.05) is 18.5 Å². The number of carbonyl (C=O) groups is 2. The second-order valence-corrected chi connectivity index (χ2v) is 5.26. The first-order valence-electron chi connectivity index (χ1n) is 6.24. The lowest BCUT2D eigenvalue weighted by atomic mass is 10.3. The summed E-state index contributed by atoms with van der Waals surface area (Å²) in [5.74, 6) is -0.356. The number of rotatable bonds is 4. The van der Waals surface area contributed by atoms with Gasteiger partial charge in [0.2, 0.25) is 5.95 Å². The lowest BCUT2D eigenvalue weighted by Gasteiger charge is -2.04. The van der Waals surface area contributed by atoms with Crippen molar-refractivity contribution in [1.29, 1.82) is 0 Å². The van der Waals surface area contributed by atoms with Gasteiger partial charge >= 0.3 is 12.0 Å². The highest BCUT2D eigenvalue weighted by Crippen LogP contribution is 2.30. The lowest BCUT2D eigenvalue weighted by molar-refractivity contribution is 0.0532. The van der Waals surface area contributed by atoms with Crippen molar-refractivity contribution in [1.82, 2.24) is 15.3 Å². The zero-order chi connectivity index (χ0) is 15.4. The van der Waals surface area contributed by atoms with Crippen LogP contribution in [-0.4, -0.2) is 35.1 Å². The van der Waals surface area contributed by atoms with Crippen molar-refractivity contribution in [3.8, 4) is 0 Å². The molecule has 0 spiro atoms. The van der Waals surface area contributed by atoms with Gasteiger partial charge in [-0.1, -0.05) is 11.6 Å². The van der Waals surface area contributed by atoms with Gasteiger partial charge in [-0.25, -0.2) is 14.6 Å². The van der Waals surface area contributed by atoms with Gasteiger partial charge in [0.25, 0.3) is 0 Å². The standard InChI is InChI=1S/C12H13ClN4O3S/c1-3-14-12(19)17-11-15-8(13)6-5-7(10(18)20-4-2)21-9(6)16-11/h5H,3-4H2,1-2H3,(H2,14,15,16,17,19). The molecular weight excluding hydrogens is 316 g/mol. The summed E-state index contributed by atoms with van der Waals surface area (Å²) >= 11 is 7.18. The minimum absolute atomic E-state index is 0.0794. The lowest BCUT2D eigenvalue weighted by Crippen LogP contribution is -2.29. The molecule has 0 unspecified atom stereocenters. The summed E-state index contributed by atoms with van der Waals surface area (Å²) in [4.78, 5) is 32.2. The number of fused-ring (bicyclic) bond motifs is 1. The first-order chi connectivity index (χ1) is 10.0. The Bertz CT molecular complexity index is 688. The number of anilines is 1. The summed E-state index contributed by atoms with van der Waals surface area (Å²) in [7, 11) is 0. The van der Waals surface area contributed by atoms with Gasteiger partial charge in [-0.15, -0.1) is 11.3 Å². The zero-order valence-corrected chi connectivity index (χ0v) is 13.0. The predicted octanol–water partition coefficient (Wildman–Crippen LogP) is 2.66. The molecule has 2 rings (SSSR count). The van der Waals surface area contributed by atoms with E-state index in [1.54, 1.807) is 19.9 Å². The minimum atomic E-state index is -0.435. The van der Waals surface area contributed by atoms with Gasteiger partial charge in [0.1, 0.15) is 14.9 Å². The van der Waals surface area contributed by atoms with Crippen LogP contribution in [0, 0.1) is 0 Å². The number of thiophene rings is 1. The third-order valence-electron chi connectivity index (χ3n) is 2.39. The molecule has 2 aromatic heterocycles. The van der Waals surface area contributed by atoms with E-state index in [1.165, 1.54) is 0 Å². The molecule has 0 aliphatic carbocycles. The monoisotopic (exact) mass is 328 g/mol. The highest BCUT2D eigenvalue weighted by molar-refractivity contribution is 7.20. The van der Waals surface area contributed by atoms with Gasteiger partial charge in [-0.05, 0) is 19.9 Å². The van der Waals surface area contributed by atoms with Gasteiger partial charge in [-0.2, -0.15) is 4.98 Å². The quantitative estimate of drug-likeness (QED) is 0.664. The molecule has 0 aromatic carbocycles. The molecule has 7 nitrogen and oxygen atoms in total. The van der Waals surface area contributed by atoms with Crippen molar-refractivity contribution in [3.63, 3.8) is 0 Å². The van der Waals surface area contributed by atoms with E-state index in [-0.39, 0.29) is 17.7 Å². The molecule has 0 saturated carbocycles. The molecule has 2 amide bonds. The van der Waals surface area contributed by atoms with Crippen molar-refractivity contribution in [2.45, 2.75) is 13.8 Å². The molecule has 21 heavy (non-hydrogen) atoms. The zero-order valence-electron chi connectivity index (χ0n) is 11.4. The minimum Gasteiger partial charge on any atom is -0.462 e. The molecule has 0 aliphatic heterocycles. The van der Waals surface area contributed by atoms with Gasteiger partial charge in [0, 0.05) is 11.9 Å². The molecule has 0 saturated heterocycles. The van der Waals surface area contributed by atoms with Crippen molar-refractivity contribution < 1.29 is 14.3 Å². The summed E-state index contributed by atoms with van der Waals surface area (Å²) in [6, 6.07) is 1.16. The number of amides is 2. The van der Waals surface area contributed by atoms with Crippen molar-refractivity contribution in [3.05, 3.63) is 16.1 Å². The van der Waals surface area contributed by atoms with E-state index < -0.39 is 12.0 Å². The Morgan fingerprint density at radius 1 is 1.38 bits per heavy atom. The topological polar surface area (TPSA) is 93.2 Å². The van der Waals surface area contributed by atoms with Crippen LogP contribution >= 0.6 is 22.9 Å². The second-order valence-electron chi connectivity index (χ2n) is 3.87. The fourth-order valence-electron chi connectivity index (χ4n) is 1.55. The van der Waals surface area contributed by atoms with Crippen LogP contribution in [0.5, 0.6) is 0 Å². The summed E-state index contributed by atoms with van der Waals surface area (Å²) in [6.45, 7) is 4.29. The number of carbonyl (C=O) groups excluding carboxylic acids is 2. The number of hydrogen-bond donors (Lipinski definition) is 2. The third kappa shape index (κ3) is 3.59. The highest BCUT2D eigenvalue weighted by atomic mass is 35.5. The Labute approximate surface area is 129 Å². The maximum atomic E-state index is 11.7. The molecule has 9 heteroatoms. The first kappa shape index (κ1) is 15.5. The van der Waals surface area contributed by atoms with E-state index in [1.807, 2.05) is 0 Å². The molecule has 112 valence electrons. The van der Waals surface area contributed by atoms with E-state index in [4.69, 9.17) is 16.3 Å². The third-order valence-corrected chi connectivity index (χ3v) is 3.68. The number of halogens is 1. The van der Waals surface area contributed by atoms with E-state index in [0.29, 0.717) is 21.6 Å². The summed E-state index contributed by atoms with van der Waals surface area (Å²) in [5, 5.41) is 5.74. The fraction of sp³-hybridized carbons (Fsp3) is 0.333. The SMILES string of the molecule is CCNC(=O)Nc1nc(Cl)c2cc(C(=O)OCC)sc2n1. The van der Waals surface area contributed by atoms with Crippen LogP contribution in [0.2, 0.25) is 5.15 Å². The van der Waals surface area contributed by atoms with Crippen LogP contribution in [0.15, 0.2) is 6.07 Å². The predicted molar refractivity (Wildman–Crippen MR) is 81.1 cm³/mol. The maximum absolute atomic E-state index is 11.7. The summed E-state index contributed by atoms with van der Waals surface area (Å²) < 4.78 is 4.92. The number of esters is 1. The fourth-order valence-corrected chi connectivity index (χ4v) is 2.76. The number of nitrogens with zero attached hydrogens (tertiary/aromatic N) is 2. The van der Waals surface area contributed by atoms with E-state index in [2.05, 4.69) is 20.6 Å². The van der Waals surface area contributed by atoms with Crippen LogP contribution in [0.25, 0.3) is 10.2 Å². The Balaban J connectivity index is 2.32. The molecule has 0 atom stereocenters. The Kier molecular flexibility index (Phi) is 4.92. The van der Waals surface area contributed by atoms with E-state index >= 15 is 0 Å². The summed E-state index contributed by atoms with van der Waals surface area (Å²) in [5.41, 5.74) is 0. The van der Waals surface area contributed by atoms with Gasteiger partial charge in [0.05, 0.1) is 6.61 Å². The van der Waals surface area contributed by atoms with Crippen LogP contribution in [-0.2, 0) is 4.74 Å². The average molecular weight is 329 g/mol. The maximum Gasteiger partial charge on any atom is 0.348 e. The van der Waals surface area contributed by atoms with E-state index in [9.17, 15) is 9.59 Å². The van der Waals surface area contributed by atoms with Crippen molar-refractivity contribution >= 4 is 51.1 Å². The van der Waals surface area contributed by atoms with Crippen LogP contribution < -0.4 is 10.6 Å². The number of nitrogens with one attached hydrogen (secondary N) is 2. The van der Waals surface area contributed by atoms with Crippen LogP contribution in [0.3, 0.4) is 0 Å². The molecule has 2 aromatic rings. The molecule has 2 heterocycles. The molecule has 0 fully saturated rings. The summed E-state index contributed by atoms with van der Waals surface area (Å²) in [6.07, 6.45) is 0. The Morgan fingerprint density at radius 2 is 2.14 bits per heavy atom. The molecule has 0 aliphatic rings. The second kappa shape index (κ2) is 6.68. The first-order valence-corrected chi connectivity index (χ1v) is 7.43. The Morgan fingerprint density at radius 3 is 2.81 bits per heavy atom. The largest absolute Gasteiger partial charge is 0.462 e. The van der Waals surface area contributed by atoms with E-state index in [0.717, 1.165) is 11.3 Å². The number of hydrogen-bond acceptors (Lipinski definition) is 6. The number of urea groups is 1. The molecule has 0 radical (unpaired) electrons. The number of ether oxygens (including phenoxy) is 1. The van der Waals surface area contributed by atoms with Crippen molar-refractivity contribution in [2.24, 2.45) is 0 Å². The normalized spacial score (nSPS) is 10.4. The average Bonchev–Trinajstić information content (AvgIpc) is 2.83. The molecular formula is C12H13ClN4O3S. The smallest absolute Gasteiger partial charge is 0.348 e. The Hall–Kier alpha value is -1.93. The van der Waals surface area contributed by atoms with Crippen LogP contribution in [0.4, 0.5) is 10.7 Å². The number of aromatic nitrogens is 2. The molecule has 0 bridgehead atoms. The van der Waals surface area contributed by atoms with Gasteiger partial charge in [0.15, 0.2) is 0 Å².